The van der Waals surface area contributed by atoms with E-state index in [0.29, 0.717) is 16.3 Å². The third-order valence-corrected chi connectivity index (χ3v) is 4.38. The Bertz CT molecular complexity index is 825. The number of alkyl halides is 3. The number of amides is 1. The summed E-state index contributed by atoms with van der Waals surface area (Å²) < 4.78 is 39.9. The van der Waals surface area contributed by atoms with E-state index in [0.717, 1.165) is 18.9 Å². The van der Waals surface area contributed by atoms with E-state index in [1.54, 1.807) is 30.3 Å². The van der Waals surface area contributed by atoms with Gasteiger partial charge in [-0.2, -0.15) is 18.3 Å². The average Bonchev–Trinajstić information content (AvgIpc) is 3.33. The van der Waals surface area contributed by atoms with E-state index in [-0.39, 0.29) is 24.9 Å². The number of nitrogens with one attached hydrogen (secondary N) is 1. The van der Waals surface area contributed by atoms with Crippen molar-refractivity contribution in [1.82, 2.24) is 15.1 Å². The van der Waals surface area contributed by atoms with E-state index in [1.165, 1.54) is 10.8 Å². The zero-order chi connectivity index (χ0) is 18.7. The first-order valence-electron chi connectivity index (χ1n) is 8.20. The predicted molar refractivity (Wildman–Crippen MR) is 92.7 cm³/mol. The monoisotopic (exact) mass is 383 g/mol. The molecule has 1 saturated carbocycles. The molecule has 0 bridgehead atoms. The first-order valence-corrected chi connectivity index (χ1v) is 8.58. The Labute approximate surface area is 153 Å². The van der Waals surface area contributed by atoms with Crippen molar-refractivity contribution in [3.63, 3.8) is 0 Å². The summed E-state index contributed by atoms with van der Waals surface area (Å²) in [5, 5.41) is 6.82. The molecule has 1 aliphatic rings. The number of carbonyl (C=O) groups is 1. The average molecular weight is 384 g/mol. The molecular formula is C18H17ClF3N3O. The number of halogens is 4. The van der Waals surface area contributed by atoms with Crippen LogP contribution < -0.4 is 5.32 Å². The van der Waals surface area contributed by atoms with Crippen molar-refractivity contribution < 1.29 is 18.0 Å². The van der Waals surface area contributed by atoms with Crippen molar-refractivity contribution in [3.8, 4) is 0 Å². The van der Waals surface area contributed by atoms with Gasteiger partial charge in [-0.1, -0.05) is 29.8 Å². The molecule has 1 N–H and O–H groups in total. The number of hydrogen-bond donors (Lipinski definition) is 1. The van der Waals surface area contributed by atoms with Crippen LogP contribution in [-0.2, 0) is 17.5 Å². The van der Waals surface area contributed by atoms with Gasteiger partial charge < -0.3 is 5.32 Å². The molecular weight excluding hydrogens is 367 g/mol. The van der Waals surface area contributed by atoms with E-state index in [1.807, 2.05) is 0 Å². The van der Waals surface area contributed by atoms with E-state index in [2.05, 4.69) is 10.4 Å². The van der Waals surface area contributed by atoms with Crippen LogP contribution in [0.25, 0.3) is 6.08 Å². The minimum Gasteiger partial charge on any atom is -0.351 e. The maximum absolute atomic E-state index is 12.8. The van der Waals surface area contributed by atoms with E-state index >= 15 is 0 Å². The zero-order valence-corrected chi connectivity index (χ0v) is 14.5. The minimum absolute atomic E-state index is 0.134. The topological polar surface area (TPSA) is 46.9 Å². The van der Waals surface area contributed by atoms with Crippen molar-refractivity contribution in [3.05, 3.63) is 58.4 Å². The lowest BCUT2D eigenvalue weighted by atomic mass is 10.2. The molecule has 2 aromatic rings. The number of carbonyl (C=O) groups excluding carboxylic acids is 1. The van der Waals surface area contributed by atoms with Crippen molar-refractivity contribution in [2.75, 3.05) is 6.54 Å². The summed E-state index contributed by atoms with van der Waals surface area (Å²) in [5.74, 6) is -0.212. The molecule has 1 aromatic carbocycles. The number of aromatic nitrogens is 2. The van der Waals surface area contributed by atoms with Gasteiger partial charge in [0.05, 0.1) is 6.54 Å². The molecule has 3 rings (SSSR count). The minimum atomic E-state index is -4.46. The first kappa shape index (κ1) is 18.5. The van der Waals surface area contributed by atoms with E-state index < -0.39 is 11.9 Å². The van der Waals surface area contributed by atoms with Gasteiger partial charge in [-0.25, -0.2) is 0 Å². The molecule has 4 nitrogen and oxygen atoms in total. The van der Waals surface area contributed by atoms with E-state index in [4.69, 9.17) is 11.6 Å². The van der Waals surface area contributed by atoms with Crippen LogP contribution in [0.15, 0.2) is 36.4 Å². The van der Waals surface area contributed by atoms with Crippen molar-refractivity contribution >= 4 is 23.6 Å². The second-order valence-corrected chi connectivity index (χ2v) is 6.50. The Hall–Kier alpha value is -2.28. The highest BCUT2D eigenvalue weighted by Gasteiger charge is 2.37. The fourth-order valence-electron chi connectivity index (χ4n) is 2.58. The smallest absolute Gasteiger partial charge is 0.351 e. The molecule has 8 heteroatoms. The molecule has 0 atom stereocenters. The molecule has 1 fully saturated rings. The largest absolute Gasteiger partial charge is 0.435 e. The van der Waals surface area contributed by atoms with Crippen LogP contribution in [0.1, 0.15) is 35.7 Å². The maximum atomic E-state index is 12.8. The number of hydrogen-bond acceptors (Lipinski definition) is 2. The van der Waals surface area contributed by atoms with Gasteiger partial charge in [0, 0.05) is 29.3 Å². The van der Waals surface area contributed by atoms with Gasteiger partial charge in [-0.3, -0.25) is 9.48 Å². The van der Waals surface area contributed by atoms with Gasteiger partial charge in [0.2, 0.25) is 5.91 Å². The lowest BCUT2D eigenvalue weighted by Crippen LogP contribution is -2.26. The zero-order valence-electron chi connectivity index (χ0n) is 13.8. The van der Waals surface area contributed by atoms with Crippen LogP contribution in [0.3, 0.4) is 0 Å². The van der Waals surface area contributed by atoms with E-state index in [9.17, 15) is 18.0 Å². The van der Waals surface area contributed by atoms with Gasteiger partial charge in [-0.15, -0.1) is 0 Å². The molecule has 1 aromatic heterocycles. The summed E-state index contributed by atoms with van der Waals surface area (Å²) in [6, 6.07) is 8.19. The second kappa shape index (κ2) is 7.53. The van der Waals surface area contributed by atoms with Gasteiger partial charge in [0.15, 0.2) is 5.69 Å². The highest BCUT2D eigenvalue weighted by Crippen LogP contribution is 2.42. The lowest BCUT2D eigenvalue weighted by Gasteiger charge is -2.07. The summed E-state index contributed by atoms with van der Waals surface area (Å²) in [6.07, 6.45) is 0.206. The van der Waals surface area contributed by atoms with Gasteiger partial charge in [0.1, 0.15) is 0 Å². The van der Waals surface area contributed by atoms with Crippen LogP contribution in [0, 0.1) is 0 Å². The highest BCUT2D eigenvalue weighted by atomic mass is 35.5. The molecule has 0 radical (unpaired) electrons. The molecule has 0 unspecified atom stereocenters. The Morgan fingerprint density at radius 1 is 1.35 bits per heavy atom. The van der Waals surface area contributed by atoms with Crippen LogP contribution in [0.5, 0.6) is 0 Å². The molecule has 1 aliphatic carbocycles. The molecule has 26 heavy (non-hydrogen) atoms. The molecule has 0 spiro atoms. The summed E-state index contributed by atoms with van der Waals surface area (Å²) in [5.41, 5.74) is 0.407. The highest BCUT2D eigenvalue weighted by molar-refractivity contribution is 6.32. The molecule has 138 valence electrons. The molecule has 1 heterocycles. The van der Waals surface area contributed by atoms with Crippen LogP contribution in [0.2, 0.25) is 5.02 Å². The number of benzene rings is 1. The second-order valence-electron chi connectivity index (χ2n) is 6.10. The van der Waals surface area contributed by atoms with Crippen LogP contribution in [0.4, 0.5) is 13.2 Å². The summed E-state index contributed by atoms with van der Waals surface area (Å²) in [6.45, 7) is 0.373. The van der Waals surface area contributed by atoms with Gasteiger partial charge >= 0.3 is 6.18 Å². The standard InChI is InChI=1S/C18H17ClF3N3O/c19-14-4-2-1-3-12(14)7-8-17(26)23-9-10-25-15(13-5-6-13)11-16(24-25)18(20,21)22/h1-4,7-8,11,13H,5-6,9-10H2,(H,23,26)/b8-7+. The van der Waals surface area contributed by atoms with Crippen molar-refractivity contribution in [2.45, 2.75) is 31.5 Å². The summed E-state index contributed by atoms with van der Waals surface area (Å²) >= 11 is 6.00. The predicted octanol–water partition coefficient (Wildman–Crippen LogP) is 4.26. The van der Waals surface area contributed by atoms with Crippen LogP contribution >= 0.6 is 11.6 Å². The number of rotatable bonds is 6. The lowest BCUT2D eigenvalue weighted by molar-refractivity contribution is -0.141. The molecule has 0 saturated heterocycles. The Kier molecular flexibility index (Phi) is 5.36. The summed E-state index contributed by atoms with van der Waals surface area (Å²) in [7, 11) is 0. The molecule has 0 aliphatic heterocycles. The Morgan fingerprint density at radius 2 is 2.08 bits per heavy atom. The summed E-state index contributed by atoms with van der Waals surface area (Å²) in [4.78, 5) is 11.9. The number of nitrogens with zero attached hydrogens (tertiary/aromatic N) is 2. The maximum Gasteiger partial charge on any atom is 0.435 e. The fraction of sp³-hybridized carbons (Fsp3) is 0.333. The fourth-order valence-corrected chi connectivity index (χ4v) is 2.77. The van der Waals surface area contributed by atoms with Gasteiger partial charge in [-0.05, 0) is 36.6 Å². The normalized spacial score (nSPS) is 14.8. The third-order valence-electron chi connectivity index (χ3n) is 4.04. The third kappa shape index (κ3) is 4.66. The molecule has 1 amide bonds. The quantitative estimate of drug-likeness (QED) is 0.757. The SMILES string of the molecule is O=C(/C=C/c1ccccc1Cl)NCCn1nc(C(F)(F)F)cc1C1CC1. The van der Waals surface area contributed by atoms with Gasteiger partial charge in [0.25, 0.3) is 0 Å². The Morgan fingerprint density at radius 3 is 2.73 bits per heavy atom. The first-order chi connectivity index (χ1) is 12.3. The van der Waals surface area contributed by atoms with Crippen LogP contribution in [-0.4, -0.2) is 22.2 Å². The van der Waals surface area contributed by atoms with Crippen molar-refractivity contribution in [2.24, 2.45) is 0 Å². The Balaban J connectivity index is 1.57. The van der Waals surface area contributed by atoms with Crippen molar-refractivity contribution in [1.29, 1.82) is 0 Å².